The number of hydrogen-bond donors (Lipinski definition) is 1. The van der Waals surface area contributed by atoms with E-state index in [0.29, 0.717) is 6.04 Å². The Morgan fingerprint density at radius 3 is 3.14 bits per heavy atom. The van der Waals surface area contributed by atoms with Crippen LogP contribution in [0.3, 0.4) is 0 Å². The van der Waals surface area contributed by atoms with Crippen LogP contribution in [0.15, 0.2) is 23.7 Å². The SMILES string of the molecule is c1nc2ccc(NC3COC3)cc2s1. The maximum Gasteiger partial charge on any atom is 0.0813 e. The van der Waals surface area contributed by atoms with Crippen LogP contribution in [-0.4, -0.2) is 24.2 Å². The van der Waals surface area contributed by atoms with E-state index in [2.05, 4.69) is 22.4 Å². The van der Waals surface area contributed by atoms with Crippen LogP contribution < -0.4 is 5.32 Å². The summed E-state index contributed by atoms with van der Waals surface area (Å²) in [7, 11) is 0. The fraction of sp³-hybridized carbons (Fsp3) is 0.300. The molecule has 72 valence electrons. The minimum atomic E-state index is 0.486. The molecule has 3 nitrogen and oxygen atoms in total. The van der Waals surface area contributed by atoms with Crippen LogP contribution in [0.4, 0.5) is 5.69 Å². The Labute approximate surface area is 85.7 Å². The molecule has 0 spiro atoms. The standard InChI is InChI=1S/C10H10N2OS/c1-2-9-10(14-6-11-9)3-7(1)12-8-4-13-5-8/h1-3,6,8,12H,4-5H2. The van der Waals surface area contributed by atoms with Gasteiger partial charge in [0, 0.05) is 5.69 Å². The zero-order valence-electron chi connectivity index (χ0n) is 7.56. The summed E-state index contributed by atoms with van der Waals surface area (Å²) in [5, 5.41) is 3.41. The van der Waals surface area contributed by atoms with Crippen LogP contribution in [-0.2, 0) is 4.74 Å². The Hall–Kier alpha value is -1.13. The molecule has 0 aliphatic carbocycles. The molecule has 0 amide bonds. The van der Waals surface area contributed by atoms with Gasteiger partial charge in [-0.15, -0.1) is 11.3 Å². The molecular weight excluding hydrogens is 196 g/mol. The molecule has 1 aromatic carbocycles. The average Bonchev–Trinajstić information content (AvgIpc) is 2.58. The maximum atomic E-state index is 5.11. The highest BCUT2D eigenvalue weighted by atomic mass is 32.1. The minimum absolute atomic E-state index is 0.486. The van der Waals surface area contributed by atoms with Gasteiger partial charge in [0.2, 0.25) is 0 Å². The second kappa shape index (κ2) is 3.22. The summed E-state index contributed by atoms with van der Waals surface area (Å²) in [5.41, 5.74) is 4.11. The number of thiazole rings is 1. The van der Waals surface area contributed by atoms with Crippen molar-refractivity contribution in [1.82, 2.24) is 4.98 Å². The molecule has 1 aliphatic rings. The van der Waals surface area contributed by atoms with Gasteiger partial charge in [-0.05, 0) is 18.2 Å². The second-order valence-electron chi connectivity index (χ2n) is 3.41. The first kappa shape index (κ1) is 8.20. The van der Waals surface area contributed by atoms with E-state index < -0.39 is 0 Å². The van der Waals surface area contributed by atoms with Crippen LogP contribution in [0.5, 0.6) is 0 Å². The summed E-state index contributed by atoms with van der Waals surface area (Å²) in [4.78, 5) is 4.24. The van der Waals surface area contributed by atoms with Gasteiger partial charge in [0.1, 0.15) is 0 Å². The predicted molar refractivity (Wildman–Crippen MR) is 57.8 cm³/mol. The van der Waals surface area contributed by atoms with Crippen molar-refractivity contribution in [2.45, 2.75) is 6.04 Å². The Morgan fingerprint density at radius 1 is 1.43 bits per heavy atom. The molecule has 0 bridgehead atoms. The highest BCUT2D eigenvalue weighted by molar-refractivity contribution is 7.16. The Bertz CT molecular complexity index is 450. The molecule has 0 atom stereocenters. The topological polar surface area (TPSA) is 34.2 Å². The van der Waals surface area contributed by atoms with E-state index in [4.69, 9.17) is 4.74 Å². The van der Waals surface area contributed by atoms with Crippen molar-refractivity contribution >= 4 is 27.2 Å². The quantitative estimate of drug-likeness (QED) is 0.817. The molecule has 1 aliphatic heterocycles. The molecule has 1 N–H and O–H groups in total. The number of anilines is 1. The molecule has 1 saturated heterocycles. The lowest BCUT2D eigenvalue weighted by Gasteiger charge is -2.27. The zero-order valence-corrected chi connectivity index (χ0v) is 8.38. The Morgan fingerprint density at radius 2 is 2.36 bits per heavy atom. The molecule has 2 aromatic rings. The highest BCUT2D eigenvalue weighted by Gasteiger charge is 2.17. The number of nitrogens with zero attached hydrogens (tertiary/aromatic N) is 1. The van der Waals surface area contributed by atoms with Crippen molar-refractivity contribution in [2.24, 2.45) is 0 Å². The maximum absolute atomic E-state index is 5.11. The molecule has 4 heteroatoms. The summed E-state index contributed by atoms with van der Waals surface area (Å²) >= 11 is 1.67. The normalized spacial score (nSPS) is 16.9. The molecule has 0 radical (unpaired) electrons. The van der Waals surface area contributed by atoms with Crippen molar-refractivity contribution in [2.75, 3.05) is 18.5 Å². The fourth-order valence-electron chi connectivity index (χ4n) is 1.50. The summed E-state index contributed by atoms with van der Waals surface area (Å²) in [5.74, 6) is 0. The summed E-state index contributed by atoms with van der Waals surface area (Å²) < 4.78 is 6.34. The van der Waals surface area contributed by atoms with Gasteiger partial charge in [-0.3, -0.25) is 0 Å². The number of rotatable bonds is 2. The largest absolute Gasteiger partial charge is 0.378 e. The van der Waals surface area contributed by atoms with Gasteiger partial charge in [0.25, 0.3) is 0 Å². The first-order valence-electron chi connectivity index (χ1n) is 4.59. The van der Waals surface area contributed by atoms with Crippen molar-refractivity contribution in [1.29, 1.82) is 0 Å². The summed E-state index contributed by atoms with van der Waals surface area (Å²) in [6, 6.07) is 6.75. The fourth-order valence-corrected chi connectivity index (χ4v) is 2.22. The van der Waals surface area contributed by atoms with E-state index in [1.165, 1.54) is 4.70 Å². The molecule has 0 unspecified atom stereocenters. The number of benzene rings is 1. The molecule has 3 rings (SSSR count). The molecule has 1 aromatic heterocycles. The van der Waals surface area contributed by atoms with Gasteiger partial charge in [-0.1, -0.05) is 0 Å². The Kier molecular flexibility index (Phi) is 1.89. The molecule has 14 heavy (non-hydrogen) atoms. The van der Waals surface area contributed by atoms with Crippen LogP contribution in [0.2, 0.25) is 0 Å². The first-order valence-corrected chi connectivity index (χ1v) is 5.47. The van der Waals surface area contributed by atoms with E-state index >= 15 is 0 Å². The zero-order chi connectivity index (χ0) is 9.38. The van der Waals surface area contributed by atoms with Crippen molar-refractivity contribution in [3.8, 4) is 0 Å². The van der Waals surface area contributed by atoms with Crippen molar-refractivity contribution < 1.29 is 4.74 Å². The number of ether oxygens (including phenoxy) is 1. The molecule has 2 heterocycles. The van der Waals surface area contributed by atoms with Crippen LogP contribution in [0.25, 0.3) is 10.2 Å². The van der Waals surface area contributed by atoms with Crippen molar-refractivity contribution in [3.63, 3.8) is 0 Å². The van der Waals surface area contributed by atoms with Gasteiger partial charge < -0.3 is 10.1 Å². The third-order valence-corrected chi connectivity index (χ3v) is 3.13. The van der Waals surface area contributed by atoms with Gasteiger partial charge >= 0.3 is 0 Å². The molecular formula is C10H10N2OS. The summed E-state index contributed by atoms with van der Waals surface area (Å²) in [6.45, 7) is 1.64. The number of hydrogen-bond acceptors (Lipinski definition) is 4. The smallest absolute Gasteiger partial charge is 0.0813 e. The van der Waals surface area contributed by atoms with Gasteiger partial charge in [-0.25, -0.2) is 4.98 Å². The molecule has 1 fully saturated rings. The van der Waals surface area contributed by atoms with E-state index in [1.54, 1.807) is 11.3 Å². The van der Waals surface area contributed by atoms with E-state index in [9.17, 15) is 0 Å². The lowest BCUT2D eigenvalue weighted by molar-refractivity contribution is 0.0211. The third kappa shape index (κ3) is 1.36. The van der Waals surface area contributed by atoms with Gasteiger partial charge in [0.05, 0.1) is 35.0 Å². The monoisotopic (exact) mass is 206 g/mol. The first-order chi connectivity index (χ1) is 6.92. The van der Waals surface area contributed by atoms with E-state index in [0.717, 1.165) is 24.4 Å². The van der Waals surface area contributed by atoms with Crippen LogP contribution in [0.1, 0.15) is 0 Å². The molecule has 0 saturated carbocycles. The lowest BCUT2D eigenvalue weighted by Crippen LogP contribution is -2.40. The highest BCUT2D eigenvalue weighted by Crippen LogP contribution is 2.22. The average molecular weight is 206 g/mol. The second-order valence-corrected chi connectivity index (χ2v) is 4.30. The van der Waals surface area contributed by atoms with Gasteiger partial charge in [-0.2, -0.15) is 0 Å². The number of nitrogens with one attached hydrogen (secondary N) is 1. The van der Waals surface area contributed by atoms with Gasteiger partial charge in [0.15, 0.2) is 0 Å². The lowest BCUT2D eigenvalue weighted by atomic mass is 10.2. The van der Waals surface area contributed by atoms with Crippen molar-refractivity contribution in [3.05, 3.63) is 23.7 Å². The number of fused-ring (bicyclic) bond motifs is 1. The Balaban J connectivity index is 1.88. The predicted octanol–water partition coefficient (Wildman–Crippen LogP) is 2.11. The van der Waals surface area contributed by atoms with Crippen LogP contribution in [0, 0.1) is 0 Å². The number of aromatic nitrogens is 1. The van der Waals surface area contributed by atoms with Crippen LogP contribution >= 0.6 is 11.3 Å². The summed E-state index contributed by atoms with van der Waals surface area (Å²) in [6.07, 6.45) is 0. The van der Waals surface area contributed by atoms with E-state index in [1.807, 2.05) is 11.6 Å². The third-order valence-electron chi connectivity index (χ3n) is 2.34. The van der Waals surface area contributed by atoms with E-state index in [-0.39, 0.29) is 0 Å². The minimum Gasteiger partial charge on any atom is -0.378 e.